The molecule has 0 radical (unpaired) electrons. The Morgan fingerprint density at radius 3 is 1.67 bits per heavy atom. The van der Waals surface area contributed by atoms with E-state index in [1.54, 1.807) is 0 Å². The van der Waals surface area contributed by atoms with E-state index in [1.807, 2.05) is 6.08 Å². The van der Waals surface area contributed by atoms with Crippen LogP contribution in [-0.4, -0.2) is 59.3 Å². The molecule has 0 bridgehead atoms. The number of hydrogen-bond donors (Lipinski definition) is 4. The molecular weight excluding hydrogens is 572 g/mol. The lowest BCUT2D eigenvalue weighted by atomic mass is 10.0. The maximum absolute atomic E-state index is 12.6. The van der Waals surface area contributed by atoms with Crippen molar-refractivity contribution >= 4 is 23.8 Å². The van der Waals surface area contributed by atoms with Crippen LogP contribution in [-0.2, 0) is 23.9 Å². The van der Waals surface area contributed by atoms with E-state index in [0.29, 0.717) is 12.8 Å². The van der Waals surface area contributed by atoms with E-state index in [2.05, 4.69) is 44.4 Å². The van der Waals surface area contributed by atoms with Crippen molar-refractivity contribution in [3.05, 3.63) is 12.2 Å². The van der Waals surface area contributed by atoms with Crippen molar-refractivity contribution in [3.8, 4) is 0 Å². The van der Waals surface area contributed by atoms with Crippen LogP contribution in [0.5, 0.6) is 0 Å². The van der Waals surface area contributed by atoms with Gasteiger partial charge in [-0.05, 0) is 43.9 Å². The quantitative estimate of drug-likeness (QED) is 0.0369. The second kappa shape index (κ2) is 29.0. The van der Waals surface area contributed by atoms with E-state index >= 15 is 0 Å². The maximum atomic E-state index is 12.6. The molecule has 0 aromatic carbocycles. The highest BCUT2D eigenvalue weighted by molar-refractivity contribution is 5.88. The number of carbonyl (C=O) groups excluding carboxylic acids is 3. The molecule has 45 heavy (non-hydrogen) atoms. The predicted molar refractivity (Wildman–Crippen MR) is 181 cm³/mol. The first kappa shape index (κ1) is 42.6. The van der Waals surface area contributed by atoms with Crippen molar-refractivity contribution in [2.24, 2.45) is 11.8 Å². The molecule has 0 rings (SSSR count). The van der Waals surface area contributed by atoms with E-state index in [9.17, 15) is 19.2 Å². The van der Waals surface area contributed by atoms with Crippen LogP contribution in [0.1, 0.15) is 156 Å². The lowest BCUT2D eigenvalue weighted by molar-refractivity contribution is -0.150. The zero-order valence-corrected chi connectivity index (χ0v) is 29.0. The minimum absolute atomic E-state index is 0.0652. The average Bonchev–Trinajstić information content (AvgIpc) is 2.97. The van der Waals surface area contributed by atoms with E-state index in [0.717, 1.165) is 43.9 Å². The van der Waals surface area contributed by atoms with E-state index in [1.165, 1.54) is 70.6 Å². The summed E-state index contributed by atoms with van der Waals surface area (Å²) < 4.78 is 5.69. The number of aliphatic hydroxyl groups is 1. The number of hydrogen-bond acceptors (Lipinski definition) is 6. The summed E-state index contributed by atoms with van der Waals surface area (Å²) in [5, 5.41) is 22.6. The Bertz CT molecular complexity index is 813. The minimum Gasteiger partial charge on any atom is -0.480 e. The molecule has 2 amide bonds. The largest absolute Gasteiger partial charge is 0.480 e. The van der Waals surface area contributed by atoms with Crippen molar-refractivity contribution in [3.63, 3.8) is 0 Å². The summed E-state index contributed by atoms with van der Waals surface area (Å²) in [4.78, 5) is 48.1. The van der Waals surface area contributed by atoms with E-state index < -0.39 is 43.1 Å². The number of carboxylic acids is 1. The fraction of sp³-hybridized carbons (Fsp3) is 0.833. The highest BCUT2D eigenvalue weighted by atomic mass is 16.5. The Labute approximate surface area is 273 Å². The Morgan fingerprint density at radius 1 is 0.667 bits per heavy atom. The van der Waals surface area contributed by atoms with Gasteiger partial charge in [-0.25, -0.2) is 4.79 Å². The Balaban J connectivity index is 4.51. The smallest absolute Gasteiger partial charge is 0.328 e. The standard InChI is InChI=1S/C36H66N2O7/c1-29(2)22-18-14-10-6-5-7-13-17-21-25-35(42)45-31(24-20-16-12-9-8-11-15-19-23-30(3)4)26-33(40)37-27-34(41)38-32(28-39)36(43)44/h13,17,29-32,39H,5-12,14-16,18-28H2,1-4H3,(H,37,40)(H,38,41)(H,43,44). The van der Waals surface area contributed by atoms with Crippen molar-refractivity contribution in [1.29, 1.82) is 0 Å². The molecule has 0 saturated heterocycles. The van der Waals surface area contributed by atoms with Crippen molar-refractivity contribution in [1.82, 2.24) is 10.6 Å². The van der Waals surface area contributed by atoms with Gasteiger partial charge in [0.2, 0.25) is 11.8 Å². The molecule has 0 saturated carbocycles. The molecular formula is C36H66N2O7. The number of carboxylic acid groups (broad SMARTS) is 1. The van der Waals surface area contributed by atoms with Crippen LogP contribution in [0.15, 0.2) is 12.2 Å². The van der Waals surface area contributed by atoms with Gasteiger partial charge < -0.3 is 25.6 Å². The Hall–Kier alpha value is -2.42. The highest BCUT2D eigenvalue weighted by Gasteiger charge is 2.21. The van der Waals surface area contributed by atoms with Gasteiger partial charge in [0.25, 0.3) is 0 Å². The van der Waals surface area contributed by atoms with Crippen LogP contribution < -0.4 is 10.6 Å². The van der Waals surface area contributed by atoms with Crippen LogP contribution in [0.2, 0.25) is 0 Å². The van der Waals surface area contributed by atoms with Crippen molar-refractivity contribution < 1.29 is 34.1 Å². The monoisotopic (exact) mass is 638 g/mol. The second-order valence-electron chi connectivity index (χ2n) is 13.3. The normalized spacial score (nSPS) is 12.9. The van der Waals surface area contributed by atoms with Crippen LogP contribution in [0.3, 0.4) is 0 Å². The molecule has 0 aliphatic rings. The summed E-state index contributed by atoms with van der Waals surface area (Å²) in [5.74, 6) is -1.33. The van der Waals surface area contributed by atoms with Gasteiger partial charge in [0.1, 0.15) is 12.1 Å². The number of esters is 1. The molecule has 9 heteroatoms. The molecule has 0 aliphatic heterocycles. The van der Waals surface area contributed by atoms with E-state index in [-0.39, 0.29) is 18.8 Å². The predicted octanol–water partition coefficient (Wildman–Crippen LogP) is 7.25. The number of nitrogens with one attached hydrogen (secondary N) is 2. The average molecular weight is 639 g/mol. The first-order chi connectivity index (χ1) is 21.5. The third kappa shape index (κ3) is 28.8. The lowest BCUT2D eigenvalue weighted by Gasteiger charge is -2.18. The first-order valence-corrected chi connectivity index (χ1v) is 17.8. The number of aliphatic hydroxyl groups excluding tert-OH is 1. The number of ether oxygens (including phenoxy) is 1. The molecule has 0 fully saturated rings. The topological polar surface area (TPSA) is 142 Å². The number of allylic oxidation sites excluding steroid dienone is 2. The van der Waals surface area contributed by atoms with Crippen LogP contribution >= 0.6 is 0 Å². The maximum Gasteiger partial charge on any atom is 0.328 e. The van der Waals surface area contributed by atoms with Crippen molar-refractivity contribution in [2.75, 3.05) is 13.2 Å². The van der Waals surface area contributed by atoms with Crippen LogP contribution in [0.4, 0.5) is 0 Å². The fourth-order valence-electron chi connectivity index (χ4n) is 5.10. The summed E-state index contributed by atoms with van der Waals surface area (Å²) in [7, 11) is 0. The van der Waals surface area contributed by atoms with Gasteiger partial charge in [0.15, 0.2) is 0 Å². The van der Waals surface area contributed by atoms with Crippen molar-refractivity contribution in [2.45, 2.75) is 168 Å². The van der Waals surface area contributed by atoms with Crippen LogP contribution in [0.25, 0.3) is 0 Å². The van der Waals surface area contributed by atoms with Gasteiger partial charge in [-0.15, -0.1) is 0 Å². The second-order valence-corrected chi connectivity index (χ2v) is 13.3. The third-order valence-electron chi connectivity index (χ3n) is 7.86. The SMILES string of the molecule is CC(C)CCCCCCCC=CCCC(=O)OC(CCCCCCCCCCC(C)C)CC(=O)NCC(=O)NC(CO)C(=O)O. The van der Waals surface area contributed by atoms with Gasteiger partial charge in [-0.3, -0.25) is 14.4 Å². The molecule has 0 spiro atoms. The minimum atomic E-state index is -1.43. The summed E-state index contributed by atoms with van der Waals surface area (Å²) in [6.45, 7) is 7.87. The molecule has 4 N–H and O–H groups in total. The molecule has 2 atom stereocenters. The molecule has 0 aromatic heterocycles. The number of carbonyl (C=O) groups is 4. The molecule has 0 aliphatic carbocycles. The molecule has 9 nitrogen and oxygen atoms in total. The summed E-state index contributed by atoms with van der Waals surface area (Å²) in [6.07, 6.45) is 24.0. The first-order valence-electron chi connectivity index (χ1n) is 17.8. The van der Waals surface area contributed by atoms with Crippen LogP contribution in [0, 0.1) is 11.8 Å². The zero-order valence-electron chi connectivity index (χ0n) is 29.0. The van der Waals surface area contributed by atoms with Gasteiger partial charge in [-0.2, -0.15) is 0 Å². The molecule has 0 heterocycles. The molecule has 2 unspecified atom stereocenters. The Morgan fingerprint density at radius 2 is 1.16 bits per heavy atom. The zero-order chi connectivity index (χ0) is 33.7. The summed E-state index contributed by atoms with van der Waals surface area (Å²) >= 11 is 0. The number of aliphatic carboxylic acids is 1. The fourth-order valence-corrected chi connectivity index (χ4v) is 5.10. The molecule has 262 valence electrons. The lowest BCUT2D eigenvalue weighted by Crippen LogP contribution is -2.47. The number of amides is 2. The van der Waals surface area contributed by atoms with Gasteiger partial charge >= 0.3 is 11.9 Å². The number of unbranched alkanes of at least 4 members (excludes halogenated alkanes) is 12. The van der Waals surface area contributed by atoms with Gasteiger partial charge in [-0.1, -0.05) is 123 Å². The van der Waals surface area contributed by atoms with Gasteiger partial charge in [0, 0.05) is 6.42 Å². The molecule has 0 aromatic rings. The highest BCUT2D eigenvalue weighted by Crippen LogP contribution is 2.16. The van der Waals surface area contributed by atoms with E-state index in [4.69, 9.17) is 14.9 Å². The van der Waals surface area contributed by atoms with Gasteiger partial charge in [0.05, 0.1) is 19.6 Å². The summed E-state index contributed by atoms with van der Waals surface area (Å²) in [6, 6.07) is -1.43. The number of rotatable bonds is 30. The Kier molecular flexibility index (Phi) is 27.5. The summed E-state index contributed by atoms with van der Waals surface area (Å²) in [5.41, 5.74) is 0. The third-order valence-corrected chi connectivity index (χ3v) is 7.86.